The van der Waals surface area contributed by atoms with Gasteiger partial charge in [0.15, 0.2) is 0 Å². The molecule has 0 aliphatic carbocycles. The summed E-state index contributed by atoms with van der Waals surface area (Å²) in [6.45, 7) is 0.0441. The van der Waals surface area contributed by atoms with Crippen molar-refractivity contribution in [2.45, 2.75) is 44.3 Å². The number of aliphatic hydroxyl groups is 4. The molecular formula is C17H19FO8. The zero-order chi connectivity index (χ0) is 19.0. The lowest BCUT2D eigenvalue weighted by Crippen LogP contribution is -2.60. The summed E-state index contributed by atoms with van der Waals surface area (Å²) in [5.41, 5.74) is -0.0834. The molecule has 0 unspecified atom stereocenters. The van der Waals surface area contributed by atoms with Gasteiger partial charge in [0.25, 0.3) is 0 Å². The Morgan fingerprint density at radius 1 is 1.19 bits per heavy atom. The Morgan fingerprint density at radius 3 is 2.58 bits per heavy atom. The van der Waals surface area contributed by atoms with Crippen LogP contribution >= 0.6 is 0 Å². The Balaban J connectivity index is 1.99. The average Bonchev–Trinajstić information content (AvgIpc) is 2.61. The van der Waals surface area contributed by atoms with Crippen molar-refractivity contribution in [3.63, 3.8) is 0 Å². The van der Waals surface area contributed by atoms with E-state index >= 15 is 0 Å². The zero-order valence-electron chi connectivity index (χ0n) is 13.8. The minimum atomic E-state index is -1.64. The Hall–Kier alpha value is -2.04. The minimum absolute atomic E-state index is 0.0135. The molecular weight excluding hydrogens is 351 g/mol. The van der Waals surface area contributed by atoms with Crippen LogP contribution in [0.25, 0.3) is 11.0 Å². The number of halogens is 1. The molecule has 3 rings (SSSR count). The summed E-state index contributed by atoms with van der Waals surface area (Å²) in [5, 5.41) is 39.4. The van der Waals surface area contributed by atoms with Gasteiger partial charge in [-0.1, -0.05) is 0 Å². The second kappa shape index (κ2) is 7.29. The molecule has 1 aliphatic rings. The monoisotopic (exact) mass is 370 g/mol. The van der Waals surface area contributed by atoms with Crippen LogP contribution in [0.2, 0.25) is 0 Å². The quantitative estimate of drug-likeness (QED) is 0.542. The van der Waals surface area contributed by atoms with Crippen LogP contribution in [0.3, 0.4) is 0 Å². The lowest BCUT2D eigenvalue weighted by molar-refractivity contribution is -0.277. The van der Waals surface area contributed by atoms with Crippen LogP contribution in [0.4, 0.5) is 4.39 Å². The SMILES string of the molecule is Cc1cc(=O)oc2c(CF)c(O[C@H]3O[C@H](CO)[C@H](O)[C@H](O)[C@H]3O)ccc12. The van der Waals surface area contributed by atoms with Gasteiger partial charge in [0.05, 0.1) is 12.2 Å². The Morgan fingerprint density at radius 2 is 1.92 bits per heavy atom. The van der Waals surface area contributed by atoms with E-state index in [2.05, 4.69) is 0 Å². The van der Waals surface area contributed by atoms with Crippen molar-refractivity contribution in [1.82, 2.24) is 0 Å². The van der Waals surface area contributed by atoms with E-state index in [0.29, 0.717) is 10.9 Å². The third-order valence-corrected chi connectivity index (χ3v) is 4.40. The van der Waals surface area contributed by atoms with Crippen LogP contribution in [0, 0.1) is 6.92 Å². The molecule has 0 saturated carbocycles. The van der Waals surface area contributed by atoms with Crippen LogP contribution < -0.4 is 10.4 Å². The molecule has 2 aromatic rings. The maximum atomic E-state index is 13.6. The van der Waals surface area contributed by atoms with E-state index in [0.717, 1.165) is 0 Å². The zero-order valence-corrected chi connectivity index (χ0v) is 13.8. The highest BCUT2D eigenvalue weighted by Crippen LogP contribution is 2.32. The smallest absolute Gasteiger partial charge is 0.336 e. The van der Waals surface area contributed by atoms with Crippen molar-refractivity contribution in [1.29, 1.82) is 0 Å². The molecule has 0 spiro atoms. The van der Waals surface area contributed by atoms with E-state index < -0.39 is 49.6 Å². The highest BCUT2D eigenvalue weighted by molar-refractivity contribution is 5.84. The number of benzene rings is 1. The van der Waals surface area contributed by atoms with Gasteiger partial charge in [0, 0.05) is 11.5 Å². The third-order valence-electron chi connectivity index (χ3n) is 4.40. The maximum absolute atomic E-state index is 13.6. The molecule has 2 heterocycles. The highest BCUT2D eigenvalue weighted by atomic mass is 19.1. The first-order chi connectivity index (χ1) is 12.4. The second-order valence-electron chi connectivity index (χ2n) is 6.12. The number of fused-ring (bicyclic) bond motifs is 1. The summed E-state index contributed by atoms with van der Waals surface area (Å²) in [5.74, 6) is -0.0573. The molecule has 0 radical (unpaired) electrons. The molecule has 4 N–H and O–H groups in total. The van der Waals surface area contributed by atoms with E-state index in [1.807, 2.05) is 0 Å². The van der Waals surface area contributed by atoms with Crippen molar-refractivity contribution < 1.29 is 38.7 Å². The van der Waals surface area contributed by atoms with Crippen molar-refractivity contribution >= 4 is 11.0 Å². The summed E-state index contributed by atoms with van der Waals surface area (Å²) in [6.07, 6.45) is -7.42. The number of aliphatic hydroxyl groups excluding tert-OH is 4. The lowest BCUT2D eigenvalue weighted by atomic mass is 9.99. The maximum Gasteiger partial charge on any atom is 0.336 e. The molecule has 1 saturated heterocycles. The van der Waals surface area contributed by atoms with Crippen LogP contribution in [0.5, 0.6) is 5.75 Å². The number of alkyl halides is 1. The molecule has 1 fully saturated rings. The van der Waals surface area contributed by atoms with Crippen molar-refractivity contribution in [3.05, 3.63) is 39.7 Å². The fourth-order valence-corrected chi connectivity index (χ4v) is 2.95. The van der Waals surface area contributed by atoms with Gasteiger partial charge < -0.3 is 34.3 Å². The number of aryl methyl sites for hydroxylation is 1. The van der Waals surface area contributed by atoms with Crippen molar-refractivity contribution in [3.8, 4) is 5.75 Å². The van der Waals surface area contributed by atoms with Gasteiger partial charge in [-0.3, -0.25) is 0 Å². The van der Waals surface area contributed by atoms with Crippen LogP contribution in [0.1, 0.15) is 11.1 Å². The van der Waals surface area contributed by atoms with E-state index in [4.69, 9.17) is 13.9 Å². The van der Waals surface area contributed by atoms with Crippen molar-refractivity contribution in [2.75, 3.05) is 6.61 Å². The van der Waals surface area contributed by atoms with Crippen LogP contribution in [0.15, 0.2) is 27.4 Å². The topological polar surface area (TPSA) is 130 Å². The lowest BCUT2D eigenvalue weighted by Gasteiger charge is -2.39. The van der Waals surface area contributed by atoms with Gasteiger partial charge in [-0.2, -0.15) is 0 Å². The Bertz CT molecular complexity index is 849. The molecule has 1 aromatic carbocycles. The number of ether oxygens (including phenoxy) is 2. The van der Waals surface area contributed by atoms with Crippen molar-refractivity contribution in [2.24, 2.45) is 0 Å². The summed E-state index contributed by atoms with van der Waals surface area (Å²) in [6, 6.07) is 4.26. The Labute approximate surface area is 147 Å². The molecule has 1 aromatic heterocycles. The van der Waals surface area contributed by atoms with Crippen LogP contribution in [-0.2, 0) is 11.4 Å². The number of rotatable bonds is 4. The predicted octanol–water partition coefficient (Wildman–Crippen LogP) is -0.250. The predicted molar refractivity (Wildman–Crippen MR) is 86.4 cm³/mol. The molecule has 5 atom stereocenters. The van der Waals surface area contributed by atoms with Crippen LogP contribution in [-0.4, -0.2) is 57.7 Å². The second-order valence-corrected chi connectivity index (χ2v) is 6.12. The Kier molecular flexibility index (Phi) is 5.26. The summed E-state index contributed by atoms with van der Waals surface area (Å²) < 4.78 is 29.4. The standard InChI is InChI=1S/C17H19FO8/c1-7-4-12(20)26-16-8(7)2-3-10(9(16)5-18)24-17-15(23)14(22)13(21)11(6-19)25-17/h2-4,11,13-15,17,19,21-23H,5-6H2,1H3/t11-,13+,14+,15-,17+/m1/s1. The van der Waals surface area contributed by atoms with Gasteiger partial charge >= 0.3 is 5.63 Å². The molecule has 8 nitrogen and oxygen atoms in total. The first-order valence-corrected chi connectivity index (χ1v) is 7.96. The number of hydrogen-bond donors (Lipinski definition) is 4. The van der Waals surface area contributed by atoms with Gasteiger partial charge in [-0.15, -0.1) is 0 Å². The molecule has 0 bridgehead atoms. The number of hydrogen-bond acceptors (Lipinski definition) is 8. The minimum Gasteiger partial charge on any atom is -0.461 e. The average molecular weight is 370 g/mol. The first-order valence-electron chi connectivity index (χ1n) is 7.96. The fraction of sp³-hybridized carbons (Fsp3) is 0.471. The van der Waals surface area contributed by atoms with E-state index in [-0.39, 0.29) is 16.9 Å². The van der Waals surface area contributed by atoms with E-state index in [1.165, 1.54) is 12.1 Å². The fourth-order valence-electron chi connectivity index (χ4n) is 2.95. The molecule has 9 heteroatoms. The summed E-state index contributed by atoms with van der Waals surface area (Å²) in [7, 11) is 0. The van der Waals surface area contributed by atoms with E-state index in [9.17, 15) is 29.6 Å². The molecule has 0 amide bonds. The summed E-state index contributed by atoms with van der Waals surface area (Å²) in [4.78, 5) is 11.6. The van der Waals surface area contributed by atoms with Gasteiger partial charge in [0.1, 0.15) is 42.4 Å². The van der Waals surface area contributed by atoms with Gasteiger partial charge in [-0.25, -0.2) is 9.18 Å². The largest absolute Gasteiger partial charge is 0.461 e. The summed E-state index contributed by atoms with van der Waals surface area (Å²) >= 11 is 0. The van der Waals surface area contributed by atoms with E-state index in [1.54, 1.807) is 13.0 Å². The van der Waals surface area contributed by atoms with Gasteiger partial charge in [-0.05, 0) is 24.6 Å². The highest BCUT2D eigenvalue weighted by Gasteiger charge is 2.44. The third kappa shape index (κ3) is 3.19. The first kappa shape index (κ1) is 18.7. The molecule has 142 valence electrons. The van der Waals surface area contributed by atoms with Gasteiger partial charge in [0.2, 0.25) is 6.29 Å². The molecule has 26 heavy (non-hydrogen) atoms. The molecule has 1 aliphatic heterocycles. The normalized spacial score (nSPS) is 29.1.